The van der Waals surface area contributed by atoms with Gasteiger partial charge in [-0.1, -0.05) is 97.1 Å². The van der Waals surface area contributed by atoms with Crippen molar-refractivity contribution in [1.82, 2.24) is 14.9 Å². The summed E-state index contributed by atoms with van der Waals surface area (Å²) in [5.74, 6) is -0.0527. The molecule has 1 saturated heterocycles. The molecule has 0 radical (unpaired) electrons. The maximum atomic E-state index is 14.2. The van der Waals surface area contributed by atoms with Gasteiger partial charge >= 0.3 is 13.7 Å². The molecular weight excluding hydrogens is 633 g/mol. The van der Waals surface area contributed by atoms with E-state index in [1.54, 1.807) is 48.5 Å². The molecule has 2 aliphatic rings. The van der Waals surface area contributed by atoms with Gasteiger partial charge in [-0.15, -0.1) is 11.8 Å². The summed E-state index contributed by atoms with van der Waals surface area (Å²) in [4.78, 5) is 31.4. The van der Waals surface area contributed by atoms with Crippen molar-refractivity contribution < 1.29 is 27.9 Å². The van der Waals surface area contributed by atoms with Gasteiger partial charge in [0.05, 0.1) is 0 Å². The minimum absolute atomic E-state index is 0.148. The number of amides is 1. The molecule has 6 rings (SSSR count). The maximum absolute atomic E-state index is 14.2. The second kappa shape index (κ2) is 14.3. The molecule has 0 aliphatic carbocycles. The number of benzene rings is 4. The number of hydrogen-bond acceptors (Lipinski definition) is 8. The Balaban J connectivity index is 1.30. The van der Waals surface area contributed by atoms with Gasteiger partial charge in [0.2, 0.25) is 5.91 Å². The van der Waals surface area contributed by atoms with E-state index < -0.39 is 37.1 Å². The van der Waals surface area contributed by atoms with Gasteiger partial charge in [0.25, 0.3) is 0 Å². The van der Waals surface area contributed by atoms with E-state index in [0.717, 1.165) is 11.1 Å². The quantitative estimate of drug-likeness (QED) is 0.0996. The first kappa shape index (κ1) is 32.2. The van der Waals surface area contributed by atoms with Crippen molar-refractivity contribution in [3.63, 3.8) is 0 Å². The maximum Gasteiger partial charge on any atom is 0.513 e. The lowest BCUT2D eigenvalue weighted by Gasteiger charge is -2.50. The van der Waals surface area contributed by atoms with Crippen LogP contribution >= 0.6 is 19.5 Å². The second-order valence-corrected chi connectivity index (χ2v) is 13.8. The molecule has 2 atom stereocenters. The van der Waals surface area contributed by atoms with Crippen LogP contribution in [-0.4, -0.2) is 52.9 Å². The highest BCUT2D eigenvalue weighted by atomic mass is 32.2. The van der Waals surface area contributed by atoms with Crippen LogP contribution in [0.2, 0.25) is 0 Å². The number of hydrogen-bond donors (Lipinski definition) is 1. The van der Waals surface area contributed by atoms with Crippen molar-refractivity contribution in [2.75, 3.05) is 19.8 Å². The minimum atomic E-state index is -4.14. The first-order valence-electron chi connectivity index (χ1n) is 15.0. The molecule has 1 N–H and O–H groups in total. The normalized spacial score (nSPS) is 17.7. The van der Waals surface area contributed by atoms with Crippen LogP contribution in [0.5, 0.6) is 11.5 Å². The molecule has 1 amide bonds. The number of esters is 1. The number of nitrogens with one attached hydrogen (secondary N) is 1. The SMILES string of the molecule is CN(C)C=CC1=C(C(=O)OC(c2ccccc2)c2ccccc2)N2C(=O)C(NP(=O)(Oc3ccccc3)Oc3ccccc3)C2SC1. The number of thioether (sulfide) groups is 1. The van der Waals surface area contributed by atoms with E-state index in [1.807, 2.05) is 104 Å². The number of para-hydroxylation sites is 2. The molecule has 240 valence electrons. The predicted octanol–water partition coefficient (Wildman–Crippen LogP) is 6.79. The molecule has 0 bridgehead atoms. The Labute approximate surface area is 278 Å². The van der Waals surface area contributed by atoms with Gasteiger partial charge in [-0.25, -0.2) is 9.36 Å². The predicted molar refractivity (Wildman–Crippen MR) is 182 cm³/mol. The Kier molecular flexibility index (Phi) is 9.82. The minimum Gasteiger partial charge on any atom is -0.448 e. The van der Waals surface area contributed by atoms with Gasteiger partial charge in [-0.05, 0) is 53.2 Å². The second-order valence-electron chi connectivity index (χ2n) is 11.1. The fourth-order valence-electron chi connectivity index (χ4n) is 5.21. The third-order valence-electron chi connectivity index (χ3n) is 7.43. The Morgan fingerprint density at radius 2 is 1.34 bits per heavy atom. The number of ether oxygens (including phenoxy) is 1. The van der Waals surface area contributed by atoms with Crippen LogP contribution < -0.4 is 14.1 Å². The number of carbonyl (C=O) groups excluding carboxylic acids is 2. The van der Waals surface area contributed by atoms with E-state index in [1.165, 1.54) is 16.7 Å². The number of nitrogens with zero attached hydrogens (tertiary/aromatic N) is 2. The summed E-state index contributed by atoms with van der Waals surface area (Å²) in [6.45, 7) is 0. The molecule has 2 heterocycles. The van der Waals surface area contributed by atoms with Gasteiger partial charge < -0.3 is 18.7 Å². The Morgan fingerprint density at radius 1 is 0.851 bits per heavy atom. The third-order valence-corrected chi connectivity index (χ3v) is 10.2. The van der Waals surface area contributed by atoms with Crippen molar-refractivity contribution in [2.45, 2.75) is 17.5 Å². The summed E-state index contributed by atoms with van der Waals surface area (Å²) in [6.07, 6.45) is 2.94. The van der Waals surface area contributed by atoms with E-state index in [9.17, 15) is 14.2 Å². The summed E-state index contributed by atoms with van der Waals surface area (Å²) in [5, 5.41) is 2.32. The van der Waals surface area contributed by atoms with Gasteiger partial charge in [0, 0.05) is 19.8 Å². The van der Waals surface area contributed by atoms with E-state index in [0.29, 0.717) is 22.8 Å². The van der Waals surface area contributed by atoms with Crippen molar-refractivity contribution in [3.05, 3.63) is 156 Å². The van der Waals surface area contributed by atoms with E-state index in [2.05, 4.69) is 5.09 Å². The molecule has 0 aromatic heterocycles. The van der Waals surface area contributed by atoms with Crippen molar-refractivity contribution >= 4 is 31.4 Å². The molecule has 2 aliphatic heterocycles. The number of fused-ring (bicyclic) bond motifs is 1. The largest absolute Gasteiger partial charge is 0.513 e. The lowest BCUT2D eigenvalue weighted by Crippen LogP contribution is -2.69. The first-order chi connectivity index (χ1) is 22.8. The Bertz CT molecular complexity index is 1720. The zero-order valence-electron chi connectivity index (χ0n) is 25.8. The van der Waals surface area contributed by atoms with Crippen LogP contribution in [0, 0.1) is 0 Å². The van der Waals surface area contributed by atoms with Gasteiger partial charge in [0.1, 0.15) is 28.6 Å². The highest BCUT2D eigenvalue weighted by Crippen LogP contribution is 2.50. The zero-order valence-corrected chi connectivity index (χ0v) is 27.6. The van der Waals surface area contributed by atoms with E-state index in [4.69, 9.17) is 13.8 Å². The smallest absolute Gasteiger partial charge is 0.448 e. The molecule has 2 unspecified atom stereocenters. The zero-order chi connectivity index (χ0) is 32.8. The fraction of sp³-hybridized carbons (Fsp3) is 0.167. The molecule has 9 nitrogen and oxygen atoms in total. The molecular formula is C36H34N3O6PS. The highest BCUT2D eigenvalue weighted by Gasteiger charge is 2.56. The Hall–Kier alpha value is -4.76. The summed E-state index contributed by atoms with van der Waals surface area (Å²) < 4.78 is 32.2. The topological polar surface area (TPSA) is 97.4 Å². The van der Waals surface area contributed by atoms with E-state index >= 15 is 0 Å². The summed E-state index contributed by atoms with van der Waals surface area (Å²) in [7, 11) is -0.386. The lowest BCUT2D eigenvalue weighted by molar-refractivity contribution is -0.153. The summed E-state index contributed by atoms with van der Waals surface area (Å²) in [6, 6.07) is 35.2. The molecule has 1 fully saturated rings. The summed E-state index contributed by atoms with van der Waals surface area (Å²) >= 11 is 1.45. The molecule has 0 spiro atoms. The van der Waals surface area contributed by atoms with Gasteiger partial charge in [-0.2, -0.15) is 5.09 Å². The van der Waals surface area contributed by atoms with Crippen molar-refractivity contribution in [3.8, 4) is 11.5 Å². The molecule has 4 aromatic carbocycles. The molecule has 0 saturated carbocycles. The number of β-lactam (4-membered cyclic amide) rings is 1. The number of carbonyl (C=O) groups is 2. The van der Waals surface area contributed by atoms with Gasteiger partial charge in [0.15, 0.2) is 6.10 Å². The average molecular weight is 668 g/mol. The first-order valence-corrected chi connectivity index (χ1v) is 17.6. The lowest BCUT2D eigenvalue weighted by atomic mass is 10.0. The van der Waals surface area contributed by atoms with Crippen LogP contribution in [0.3, 0.4) is 0 Å². The van der Waals surface area contributed by atoms with E-state index in [-0.39, 0.29) is 5.70 Å². The number of rotatable bonds is 12. The average Bonchev–Trinajstić information content (AvgIpc) is 3.09. The highest BCUT2D eigenvalue weighted by molar-refractivity contribution is 8.00. The third kappa shape index (κ3) is 7.46. The molecule has 11 heteroatoms. The van der Waals surface area contributed by atoms with Crippen molar-refractivity contribution in [1.29, 1.82) is 0 Å². The van der Waals surface area contributed by atoms with Crippen LogP contribution in [0.25, 0.3) is 0 Å². The molecule has 47 heavy (non-hydrogen) atoms. The fourth-order valence-corrected chi connectivity index (χ4v) is 8.17. The standard InChI is InChI=1S/C36H34N3O6PS/c1-38(2)24-23-28-25-47-35-31(37-46(42,44-29-19-11-5-12-20-29)45-30-21-13-6-14-22-30)34(40)39(35)32(28)36(41)43-33(26-15-7-3-8-16-26)27-17-9-4-10-18-27/h3-24,31,33,35H,25H2,1-2H3,(H,37,42). The van der Waals surface area contributed by atoms with Crippen molar-refractivity contribution in [2.24, 2.45) is 0 Å². The van der Waals surface area contributed by atoms with Crippen LogP contribution in [0.4, 0.5) is 0 Å². The van der Waals surface area contributed by atoms with Crippen LogP contribution in [0.15, 0.2) is 145 Å². The number of allylic oxidation sites excluding steroid dienone is 1. The van der Waals surface area contributed by atoms with Crippen LogP contribution in [0.1, 0.15) is 17.2 Å². The van der Waals surface area contributed by atoms with Gasteiger partial charge in [-0.3, -0.25) is 9.69 Å². The monoisotopic (exact) mass is 667 g/mol. The summed E-state index contributed by atoms with van der Waals surface area (Å²) in [5.41, 5.74) is 2.38. The molecule has 4 aromatic rings. The Morgan fingerprint density at radius 3 is 1.83 bits per heavy atom. The van der Waals surface area contributed by atoms with Crippen LogP contribution in [-0.2, 0) is 18.9 Å².